The lowest BCUT2D eigenvalue weighted by Gasteiger charge is -2.10. The summed E-state index contributed by atoms with van der Waals surface area (Å²) in [5.41, 5.74) is 2.53. The molecular formula is C21H22N4O3S. The zero-order valence-electron chi connectivity index (χ0n) is 16.3. The summed E-state index contributed by atoms with van der Waals surface area (Å²) in [6.07, 6.45) is 2.42. The quantitative estimate of drug-likeness (QED) is 0.543. The highest BCUT2D eigenvalue weighted by molar-refractivity contribution is 7.99. The molecule has 150 valence electrons. The molecule has 0 aliphatic carbocycles. The van der Waals surface area contributed by atoms with E-state index in [-0.39, 0.29) is 11.7 Å². The van der Waals surface area contributed by atoms with E-state index in [1.54, 1.807) is 20.4 Å². The van der Waals surface area contributed by atoms with Gasteiger partial charge in [0, 0.05) is 12.7 Å². The zero-order chi connectivity index (χ0) is 20.5. The van der Waals surface area contributed by atoms with Crippen molar-refractivity contribution in [3.63, 3.8) is 0 Å². The van der Waals surface area contributed by atoms with Crippen molar-refractivity contribution >= 4 is 17.7 Å². The van der Waals surface area contributed by atoms with E-state index < -0.39 is 0 Å². The Balaban J connectivity index is 1.43. The van der Waals surface area contributed by atoms with Gasteiger partial charge in [-0.05, 0) is 48.4 Å². The van der Waals surface area contributed by atoms with Gasteiger partial charge in [-0.1, -0.05) is 23.9 Å². The van der Waals surface area contributed by atoms with Gasteiger partial charge >= 0.3 is 0 Å². The predicted octanol–water partition coefficient (Wildman–Crippen LogP) is 3.01. The smallest absolute Gasteiger partial charge is 0.230 e. The van der Waals surface area contributed by atoms with Gasteiger partial charge in [-0.25, -0.2) is 0 Å². The summed E-state index contributed by atoms with van der Waals surface area (Å²) in [6, 6.07) is 15.1. The third kappa shape index (κ3) is 5.92. The van der Waals surface area contributed by atoms with Gasteiger partial charge in [-0.2, -0.15) is 0 Å². The first kappa shape index (κ1) is 20.6. The molecule has 0 aliphatic heterocycles. The number of amides is 1. The van der Waals surface area contributed by atoms with E-state index in [1.807, 2.05) is 48.5 Å². The maximum atomic E-state index is 12.1. The standard InChI is InChI=1S/C21H22N4O3S/c1-27-18-8-6-15(13-19(18)28-2)10-12-23-20(26)14-29-21-9-7-17(24-25-21)16-5-3-4-11-22-16/h3-9,11,13H,10,12,14H2,1-2H3,(H,23,26). The van der Waals surface area contributed by atoms with E-state index in [4.69, 9.17) is 9.47 Å². The molecule has 3 rings (SSSR count). The van der Waals surface area contributed by atoms with Crippen LogP contribution in [-0.2, 0) is 11.2 Å². The number of nitrogens with one attached hydrogen (secondary N) is 1. The van der Waals surface area contributed by atoms with Gasteiger partial charge in [0.1, 0.15) is 10.7 Å². The SMILES string of the molecule is COc1ccc(CCNC(=O)CSc2ccc(-c3ccccn3)nn2)cc1OC. The van der Waals surface area contributed by atoms with E-state index in [0.717, 1.165) is 11.3 Å². The minimum absolute atomic E-state index is 0.0499. The molecule has 0 saturated heterocycles. The Bertz CT molecular complexity index is 936. The lowest BCUT2D eigenvalue weighted by molar-refractivity contribution is -0.118. The molecule has 8 heteroatoms. The van der Waals surface area contributed by atoms with Crippen LogP contribution in [0.1, 0.15) is 5.56 Å². The van der Waals surface area contributed by atoms with Crippen LogP contribution in [-0.4, -0.2) is 47.6 Å². The summed E-state index contributed by atoms with van der Waals surface area (Å²) in [4.78, 5) is 16.3. The molecule has 0 unspecified atom stereocenters. The molecule has 0 spiro atoms. The van der Waals surface area contributed by atoms with Crippen LogP contribution < -0.4 is 14.8 Å². The summed E-state index contributed by atoms with van der Waals surface area (Å²) < 4.78 is 10.5. The molecule has 7 nitrogen and oxygen atoms in total. The van der Waals surface area contributed by atoms with Crippen molar-refractivity contribution in [2.24, 2.45) is 0 Å². The number of pyridine rings is 1. The van der Waals surface area contributed by atoms with Crippen molar-refractivity contribution in [1.29, 1.82) is 0 Å². The third-order valence-electron chi connectivity index (χ3n) is 4.10. The van der Waals surface area contributed by atoms with Gasteiger partial charge in [-0.3, -0.25) is 9.78 Å². The fourth-order valence-electron chi connectivity index (χ4n) is 2.62. The molecule has 1 aromatic carbocycles. The molecule has 1 N–H and O–H groups in total. The van der Waals surface area contributed by atoms with Gasteiger partial charge in [0.05, 0.1) is 25.7 Å². The Morgan fingerprint density at radius 3 is 2.55 bits per heavy atom. The van der Waals surface area contributed by atoms with Crippen molar-refractivity contribution in [2.45, 2.75) is 11.4 Å². The van der Waals surface area contributed by atoms with Gasteiger partial charge in [0.25, 0.3) is 0 Å². The van der Waals surface area contributed by atoms with Gasteiger partial charge < -0.3 is 14.8 Å². The number of carbonyl (C=O) groups excluding carboxylic acids is 1. The average molecular weight is 410 g/mol. The lowest BCUT2D eigenvalue weighted by Crippen LogP contribution is -2.27. The summed E-state index contributed by atoms with van der Waals surface area (Å²) in [7, 11) is 3.21. The fourth-order valence-corrected chi connectivity index (χ4v) is 3.26. The van der Waals surface area contributed by atoms with E-state index in [0.29, 0.717) is 35.2 Å². The molecule has 0 fully saturated rings. The van der Waals surface area contributed by atoms with E-state index in [9.17, 15) is 4.79 Å². The number of carbonyl (C=O) groups is 1. The third-order valence-corrected chi connectivity index (χ3v) is 5.02. The Kier molecular flexibility index (Phi) is 7.40. The number of hydrogen-bond donors (Lipinski definition) is 1. The van der Waals surface area contributed by atoms with E-state index in [1.165, 1.54) is 11.8 Å². The van der Waals surface area contributed by atoms with Crippen LogP contribution >= 0.6 is 11.8 Å². The molecule has 0 atom stereocenters. The number of nitrogens with zero attached hydrogens (tertiary/aromatic N) is 3. The second-order valence-electron chi connectivity index (χ2n) is 6.05. The van der Waals surface area contributed by atoms with Crippen molar-refractivity contribution in [1.82, 2.24) is 20.5 Å². The zero-order valence-corrected chi connectivity index (χ0v) is 17.1. The maximum Gasteiger partial charge on any atom is 0.230 e. The van der Waals surface area contributed by atoms with Gasteiger partial charge in [0.2, 0.25) is 5.91 Å². The predicted molar refractivity (Wildman–Crippen MR) is 112 cm³/mol. The molecule has 0 radical (unpaired) electrons. The van der Waals surface area contributed by atoms with Crippen molar-refractivity contribution in [3.8, 4) is 22.9 Å². The highest BCUT2D eigenvalue weighted by Crippen LogP contribution is 2.27. The van der Waals surface area contributed by atoms with Crippen LogP contribution in [0, 0.1) is 0 Å². The monoisotopic (exact) mass is 410 g/mol. The molecule has 2 aromatic heterocycles. The Morgan fingerprint density at radius 1 is 1.00 bits per heavy atom. The van der Waals surface area contributed by atoms with Crippen LogP contribution in [0.3, 0.4) is 0 Å². The van der Waals surface area contributed by atoms with Crippen molar-refractivity contribution < 1.29 is 14.3 Å². The van der Waals surface area contributed by atoms with Crippen LogP contribution in [0.15, 0.2) is 59.8 Å². The molecule has 3 aromatic rings. The van der Waals surface area contributed by atoms with Gasteiger partial charge in [-0.15, -0.1) is 10.2 Å². The largest absolute Gasteiger partial charge is 0.493 e. The molecule has 0 saturated carbocycles. The first-order chi connectivity index (χ1) is 14.2. The summed E-state index contributed by atoms with van der Waals surface area (Å²) in [5, 5.41) is 11.9. The first-order valence-corrected chi connectivity index (χ1v) is 10.0. The molecule has 29 heavy (non-hydrogen) atoms. The number of aromatic nitrogens is 3. The second-order valence-corrected chi connectivity index (χ2v) is 7.05. The lowest BCUT2D eigenvalue weighted by atomic mass is 10.1. The highest BCUT2D eigenvalue weighted by Gasteiger charge is 2.07. The second kappa shape index (κ2) is 10.4. The average Bonchev–Trinajstić information content (AvgIpc) is 2.78. The summed E-state index contributed by atoms with van der Waals surface area (Å²) in [6.45, 7) is 0.541. The first-order valence-electron chi connectivity index (χ1n) is 9.05. The number of rotatable bonds is 9. The van der Waals surface area contributed by atoms with E-state index >= 15 is 0 Å². The van der Waals surface area contributed by atoms with Crippen LogP contribution in [0.5, 0.6) is 11.5 Å². The Labute approximate surface area is 173 Å². The highest BCUT2D eigenvalue weighted by atomic mass is 32.2. The summed E-state index contributed by atoms with van der Waals surface area (Å²) >= 11 is 1.35. The Hall–Kier alpha value is -3.13. The molecule has 1 amide bonds. The van der Waals surface area contributed by atoms with E-state index in [2.05, 4.69) is 20.5 Å². The number of benzene rings is 1. The van der Waals surface area contributed by atoms with Crippen LogP contribution in [0.25, 0.3) is 11.4 Å². The number of hydrogen-bond acceptors (Lipinski definition) is 7. The summed E-state index contributed by atoms with van der Waals surface area (Å²) in [5.74, 6) is 1.60. The normalized spacial score (nSPS) is 10.4. The number of thioether (sulfide) groups is 1. The fraction of sp³-hybridized carbons (Fsp3) is 0.238. The molecule has 0 bridgehead atoms. The van der Waals surface area contributed by atoms with Crippen LogP contribution in [0.2, 0.25) is 0 Å². The molecule has 2 heterocycles. The van der Waals surface area contributed by atoms with Crippen molar-refractivity contribution in [2.75, 3.05) is 26.5 Å². The molecular weight excluding hydrogens is 388 g/mol. The van der Waals surface area contributed by atoms with Gasteiger partial charge in [0.15, 0.2) is 11.5 Å². The van der Waals surface area contributed by atoms with Crippen molar-refractivity contribution in [3.05, 3.63) is 60.3 Å². The number of methoxy groups -OCH3 is 2. The van der Waals surface area contributed by atoms with Crippen LogP contribution in [0.4, 0.5) is 0 Å². The minimum atomic E-state index is -0.0499. The topological polar surface area (TPSA) is 86.2 Å². The Morgan fingerprint density at radius 2 is 1.86 bits per heavy atom. The number of ether oxygens (including phenoxy) is 2. The minimum Gasteiger partial charge on any atom is -0.493 e. The molecule has 0 aliphatic rings. The maximum absolute atomic E-state index is 12.1.